The van der Waals surface area contributed by atoms with Crippen molar-refractivity contribution in [2.75, 3.05) is 26.0 Å². The summed E-state index contributed by atoms with van der Waals surface area (Å²) in [5.74, 6) is 0.515. The SMILES string of the molecule is Cc1cc(S(C)(=O)=O)c(Cn2cc3ccc(C#N)c(OCC45CCCN4CCC5)c3n2)c2cc[nH]c12. The van der Waals surface area contributed by atoms with Gasteiger partial charge in [-0.15, -0.1) is 0 Å². The van der Waals surface area contributed by atoms with Gasteiger partial charge in [-0.3, -0.25) is 9.58 Å². The molecular weight excluding hydrogens is 474 g/mol. The van der Waals surface area contributed by atoms with Gasteiger partial charge in [0.05, 0.1) is 22.5 Å². The van der Waals surface area contributed by atoms with Crippen molar-refractivity contribution in [3.8, 4) is 11.8 Å². The molecule has 2 aromatic heterocycles. The molecule has 6 rings (SSSR count). The van der Waals surface area contributed by atoms with Crippen molar-refractivity contribution < 1.29 is 13.2 Å². The van der Waals surface area contributed by atoms with Gasteiger partial charge in [-0.05, 0) is 75.5 Å². The first-order valence-corrected chi connectivity index (χ1v) is 14.3. The lowest BCUT2D eigenvalue weighted by molar-refractivity contribution is 0.114. The van der Waals surface area contributed by atoms with E-state index in [4.69, 9.17) is 9.84 Å². The molecule has 0 unspecified atom stereocenters. The van der Waals surface area contributed by atoms with Gasteiger partial charge in [0.1, 0.15) is 18.2 Å². The summed E-state index contributed by atoms with van der Waals surface area (Å²) in [5, 5.41) is 16.3. The second-order valence-corrected chi connectivity index (χ2v) is 12.2. The zero-order valence-electron chi connectivity index (χ0n) is 20.5. The van der Waals surface area contributed by atoms with Gasteiger partial charge in [-0.25, -0.2) is 8.42 Å². The number of ether oxygens (including phenoxy) is 1. The molecule has 2 aliphatic heterocycles. The quantitative estimate of drug-likeness (QED) is 0.424. The minimum absolute atomic E-state index is 0.0592. The van der Waals surface area contributed by atoms with E-state index in [-0.39, 0.29) is 12.1 Å². The van der Waals surface area contributed by atoms with E-state index in [9.17, 15) is 13.7 Å². The van der Waals surface area contributed by atoms with Gasteiger partial charge in [0.2, 0.25) is 0 Å². The largest absolute Gasteiger partial charge is 0.488 e. The van der Waals surface area contributed by atoms with Gasteiger partial charge < -0.3 is 9.72 Å². The molecule has 36 heavy (non-hydrogen) atoms. The Labute approximate surface area is 210 Å². The number of nitriles is 1. The van der Waals surface area contributed by atoms with Crippen molar-refractivity contribution in [3.63, 3.8) is 0 Å². The number of fused-ring (bicyclic) bond motifs is 3. The molecule has 9 heteroatoms. The number of aryl methyl sites for hydroxylation is 1. The second-order valence-electron chi connectivity index (χ2n) is 10.2. The van der Waals surface area contributed by atoms with Crippen molar-refractivity contribution in [2.24, 2.45) is 0 Å². The lowest BCUT2D eigenvalue weighted by Crippen LogP contribution is -2.43. The van der Waals surface area contributed by atoms with Crippen LogP contribution in [0.15, 0.2) is 41.6 Å². The molecule has 2 saturated heterocycles. The summed E-state index contributed by atoms with van der Waals surface area (Å²) in [6.45, 7) is 4.96. The summed E-state index contributed by atoms with van der Waals surface area (Å²) < 4.78 is 33.5. The third kappa shape index (κ3) is 3.67. The second kappa shape index (κ2) is 8.36. The molecule has 0 bridgehead atoms. The Hall–Kier alpha value is -3.35. The summed E-state index contributed by atoms with van der Waals surface area (Å²) in [6, 6.07) is 9.55. The molecule has 1 N–H and O–H groups in total. The van der Waals surface area contributed by atoms with Crippen molar-refractivity contribution >= 4 is 31.6 Å². The van der Waals surface area contributed by atoms with E-state index < -0.39 is 9.84 Å². The first-order valence-electron chi connectivity index (χ1n) is 12.4. The van der Waals surface area contributed by atoms with Crippen LogP contribution < -0.4 is 4.74 Å². The maximum atomic E-state index is 12.7. The summed E-state index contributed by atoms with van der Waals surface area (Å²) in [4.78, 5) is 6.06. The van der Waals surface area contributed by atoms with Crippen LogP contribution in [0, 0.1) is 18.3 Å². The maximum Gasteiger partial charge on any atom is 0.175 e. The Kier molecular flexibility index (Phi) is 5.36. The van der Waals surface area contributed by atoms with E-state index in [1.807, 2.05) is 31.5 Å². The molecule has 0 amide bonds. The smallest absolute Gasteiger partial charge is 0.175 e. The third-order valence-corrected chi connectivity index (χ3v) is 9.09. The first kappa shape index (κ1) is 23.1. The third-order valence-electron chi connectivity index (χ3n) is 7.93. The minimum atomic E-state index is -3.45. The highest BCUT2D eigenvalue weighted by molar-refractivity contribution is 7.90. The number of hydrogen-bond acceptors (Lipinski definition) is 6. The Balaban J connectivity index is 1.40. The highest BCUT2D eigenvalue weighted by Gasteiger charge is 2.45. The highest BCUT2D eigenvalue weighted by Crippen LogP contribution is 2.40. The number of nitrogens with one attached hydrogen (secondary N) is 1. The standard InChI is InChI=1S/C27H29N5O3S/c1-18-13-23(36(2,33)34)22(21-7-10-29-24(18)21)16-32-15-20-6-5-19(14-28)26(25(20)30-32)35-17-27-8-3-11-31(27)12-4-9-27/h5-7,10,13,15,29H,3-4,8-9,11-12,16-17H2,1-2H3. The number of rotatable bonds is 6. The van der Waals surface area contributed by atoms with Crippen LogP contribution in [0.2, 0.25) is 0 Å². The number of H-pyrrole nitrogens is 1. The molecule has 0 atom stereocenters. The topological polar surface area (TPSA) is 104 Å². The van der Waals surface area contributed by atoms with E-state index in [1.54, 1.807) is 16.8 Å². The van der Waals surface area contributed by atoms with Gasteiger partial charge in [-0.2, -0.15) is 10.4 Å². The maximum absolute atomic E-state index is 12.7. The zero-order chi connectivity index (χ0) is 25.1. The zero-order valence-corrected chi connectivity index (χ0v) is 21.4. The van der Waals surface area contributed by atoms with Crippen molar-refractivity contribution in [3.05, 3.63) is 53.3 Å². The molecular formula is C27H29N5O3S. The Morgan fingerprint density at radius 1 is 1.22 bits per heavy atom. The average molecular weight is 504 g/mol. The van der Waals surface area contributed by atoms with Crippen LogP contribution in [-0.4, -0.2) is 59.6 Å². The number of benzene rings is 2. The van der Waals surface area contributed by atoms with Gasteiger partial charge in [0.15, 0.2) is 15.6 Å². The molecule has 0 radical (unpaired) electrons. The molecule has 8 nitrogen and oxygen atoms in total. The molecule has 0 aliphatic carbocycles. The van der Waals surface area contributed by atoms with Crippen molar-refractivity contribution in [1.29, 1.82) is 5.26 Å². The van der Waals surface area contributed by atoms with Crippen LogP contribution in [0.3, 0.4) is 0 Å². The molecule has 0 saturated carbocycles. The number of aromatic amines is 1. The molecule has 2 aromatic carbocycles. The van der Waals surface area contributed by atoms with Gasteiger partial charge in [-0.1, -0.05) is 0 Å². The minimum Gasteiger partial charge on any atom is -0.488 e. The summed E-state index contributed by atoms with van der Waals surface area (Å²) in [7, 11) is -3.45. The van der Waals surface area contributed by atoms with Crippen LogP contribution in [0.1, 0.15) is 42.4 Å². The summed E-state index contributed by atoms with van der Waals surface area (Å²) in [6.07, 6.45) is 9.56. The average Bonchev–Trinajstić information content (AvgIpc) is 3.61. The van der Waals surface area contributed by atoms with E-state index in [2.05, 4.69) is 16.0 Å². The monoisotopic (exact) mass is 503 g/mol. The molecule has 4 heterocycles. The normalized spacial score (nSPS) is 17.6. The van der Waals surface area contributed by atoms with E-state index in [0.29, 0.717) is 33.9 Å². The van der Waals surface area contributed by atoms with Crippen molar-refractivity contribution in [1.82, 2.24) is 19.7 Å². The number of hydrogen-bond donors (Lipinski definition) is 1. The van der Waals surface area contributed by atoms with Crippen LogP contribution in [0.5, 0.6) is 5.75 Å². The lowest BCUT2D eigenvalue weighted by atomic mass is 9.95. The van der Waals surface area contributed by atoms with Gasteiger partial charge in [0.25, 0.3) is 0 Å². The molecule has 4 aromatic rings. The number of sulfone groups is 1. The highest BCUT2D eigenvalue weighted by atomic mass is 32.2. The van der Waals surface area contributed by atoms with Gasteiger partial charge in [0, 0.05) is 40.5 Å². The molecule has 2 aliphatic rings. The predicted octanol–water partition coefficient (Wildman–Crippen LogP) is 4.16. The molecule has 186 valence electrons. The fourth-order valence-corrected chi connectivity index (χ4v) is 7.20. The van der Waals surface area contributed by atoms with Crippen LogP contribution >= 0.6 is 0 Å². The lowest BCUT2D eigenvalue weighted by Gasteiger charge is -2.31. The summed E-state index contributed by atoms with van der Waals surface area (Å²) >= 11 is 0. The predicted molar refractivity (Wildman–Crippen MR) is 138 cm³/mol. The molecule has 2 fully saturated rings. The van der Waals surface area contributed by atoms with E-state index >= 15 is 0 Å². The fraction of sp³-hybridized carbons (Fsp3) is 0.407. The molecule has 0 spiro atoms. The van der Waals surface area contributed by atoms with E-state index in [1.165, 1.54) is 19.1 Å². The van der Waals surface area contributed by atoms with Crippen LogP contribution in [0.25, 0.3) is 21.8 Å². The van der Waals surface area contributed by atoms with E-state index in [0.717, 1.165) is 47.8 Å². The summed E-state index contributed by atoms with van der Waals surface area (Å²) in [5.41, 5.74) is 3.65. The Bertz CT molecular complexity index is 1630. The first-order chi connectivity index (χ1) is 17.3. The Morgan fingerprint density at radius 2 is 2.00 bits per heavy atom. The van der Waals surface area contributed by atoms with Crippen molar-refractivity contribution in [2.45, 2.75) is 49.6 Å². The number of aromatic nitrogens is 3. The number of nitrogens with zero attached hydrogens (tertiary/aromatic N) is 4. The van der Waals surface area contributed by atoms with Gasteiger partial charge >= 0.3 is 0 Å². The van der Waals surface area contributed by atoms with Crippen LogP contribution in [-0.2, 0) is 16.4 Å². The van der Waals surface area contributed by atoms with Crippen LogP contribution in [0.4, 0.5) is 0 Å². The Morgan fingerprint density at radius 3 is 2.72 bits per heavy atom. The fourth-order valence-electron chi connectivity index (χ4n) is 6.19.